The molecule has 3 aromatic rings. The molecule has 0 spiro atoms. The molecular weight excluding hydrogens is 294 g/mol. The number of hydrogen-bond acceptors (Lipinski definition) is 6. The Bertz CT molecular complexity index is 826. The summed E-state index contributed by atoms with van der Waals surface area (Å²) < 4.78 is 33.4. The van der Waals surface area contributed by atoms with Crippen LogP contribution in [0.2, 0.25) is 0 Å². The van der Waals surface area contributed by atoms with Crippen LogP contribution in [0.4, 0.5) is 0 Å². The van der Waals surface area contributed by atoms with Gasteiger partial charge >= 0.3 is 0 Å². The number of hydrogen-bond donors (Lipinski definition) is 1. The van der Waals surface area contributed by atoms with Gasteiger partial charge in [0.25, 0.3) is 0 Å². The van der Waals surface area contributed by atoms with Crippen molar-refractivity contribution in [3.8, 4) is 0 Å². The van der Waals surface area contributed by atoms with Crippen LogP contribution < -0.4 is 4.72 Å². The number of rotatable bonds is 6. The second-order valence-corrected chi connectivity index (χ2v) is 6.14. The van der Waals surface area contributed by atoms with Crippen LogP contribution in [0.5, 0.6) is 0 Å². The van der Waals surface area contributed by atoms with E-state index in [0.717, 1.165) is 0 Å². The Morgan fingerprint density at radius 2 is 2.14 bits per heavy atom. The third-order valence-electron chi connectivity index (χ3n) is 2.95. The summed E-state index contributed by atoms with van der Waals surface area (Å²) in [6.45, 7) is 0.953. The normalized spacial score (nSPS) is 12.0. The molecule has 3 rings (SSSR count). The molecule has 0 atom stereocenters. The quantitative estimate of drug-likeness (QED) is 0.675. The predicted octanol–water partition coefficient (Wildman–Crippen LogP) is 0.788. The highest BCUT2D eigenvalue weighted by Gasteiger charge is 2.19. The van der Waals surface area contributed by atoms with Crippen molar-refractivity contribution in [3.63, 3.8) is 0 Å². The molecule has 8 nitrogen and oxygen atoms in total. The van der Waals surface area contributed by atoms with Gasteiger partial charge in [-0.25, -0.2) is 17.8 Å². The Morgan fingerprint density at radius 3 is 2.95 bits per heavy atom. The van der Waals surface area contributed by atoms with Crippen LogP contribution in [0.3, 0.4) is 0 Å². The molecule has 0 unspecified atom stereocenters. The van der Waals surface area contributed by atoms with E-state index in [4.69, 9.17) is 0 Å². The lowest BCUT2D eigenvalue weighted by molar-refractivity contribution is 0.315. The second kappa shape index (κ2) is 5.62. The Balaban J connectivity index is 1.68. The summed E-state index contributed by atoms with van der Waals surface area (Å²) in [5.41, 5.74) is 0.645. The summed E-state index contributed by atoms with van der Waals surface area (Å²) in [7, 11) is -3.64. The second-order valence-electron chi connectivity index (χ2n) is 4.41. The monoisotopic (exact) mass is 307 g/mol. The molecule has 0 aliphatic heterocycles. The van der Waals surface area contributed by atoms with E-state index < -0.39 is 10.0 Å². The average molecular weight is 307 g/mol. The van der Waals surface area contributed by atoms with Gasteiger partial charge in [-0.05, 0) is 34.9 Å². The van der Waals surface area contributed by atoms with Gasteiger partial charge < -0.3 is 0 Å². The van der Waals surface area contributed by atoms with Crippen molar-refractivity contribution in [2.45, 2.75) is 17.9 Å². The average Bonchev–Trinajstić information content (AvgIpc) is 3.14. The van der Waals surface area contributed by atoms with E-state index >= 15 is 0 Å². The maximum atomic E-state index is 12.3. The van der Waals surface area contributed by atoms with E-state index in [1.165, 1.54) is 6.07 Å². The van der Waals surface area contributed by atoms with Crippen molar-refractivity contribution < 1.29 is 13.0 Å². The van der Waals surface area contributed by atoms with Crippen molar-refractivity contribution in [1.29, 1.82) is 0 Å². The maximum Gasteiger partial charge on any atom is 0.242 e. The van der Waals surface area contributed by atoms with E-state index in [2.05, 4.69) is 24.8 Å². The third-order valence-corrected chi connectivity index (χ3v) is 4.45. The van der Waals surface area contributed by atoms with Crippen LogP contribution in [0, 0.1) is 0 Å². The Morgan fingerprint density at radius 1 is 1.24 bits per heavy atom. The lowest BCUT2D eigenvalue weighted by Crippen LogP contribution is -2.25. The predicted molar refractivity (Wildman–Crippen MR) is 73.8 cm³/mol. The molecular formula is C12H13N5O3S. The number of aryl methyl sites for hydroxylation is 1. The number of benzene rings is 1. The van der Waals surface area contributed by atoms with Crippen LogP contribution in [0.1, 0.15) is 6.42 Å². The molecule has 1 N–H and O–H groups in total. The highest BCUT2D eigenvalue weighted by Crippen LogP contribution is 2.19. The lowest BCUT2D eigenvalue weighted by Gasteiger charge is -2.06. The molecule has 0 radical (unpaired) electrons. The van der Waals surface area contributed by atoms with Gasteiger partial charge in [-0.2, -0.15) is 5.10 Å². The van der Waals surface area contributed by atoms with Crippen molar-refractivity contribution in [3.05, 3.63) is 36.7 Å². The Labute approximate surface area is 120 Å². The first-order valence-corrected chi connectivity index (χ1v) is 7.83. The zero-order chi connectivity index (χ0) is 14.7. The summed E-state index contributed by atoms with van der Waals surface area (Å²) in [6, 6.07) is 6.54. The first-order chi connectivity index (χ1) is 10.2. The fourth-order valence-electron chi connectivity index (χ4n) is 1.96. The van der Waals surface area contributed by atoms with E-state index in [9.17, 15) is 8.42 Å². The Hall–Kier alpha value is -2.26. The summed E-state index contributed by atoms with van der Waals surface area (Å²) in [5.74, 6) is 0. The molecule has 9 heteroatoms. The number of sulfonamides is 1. The van der Waals surface area contributed by atoms with Crippen LogP contribution in [-0.2, 0) is 16.6 Å². The summed E-state index contributed by atoms with van der Waals surface area (Å²) in [6.07, 6.45) is 4.15. The number of fused-ring (bicyclic) bond motifs is 1. The highest BCUT2D eigenvalue weighted by molar-refractivity contribution is 7.89. The van der Waals surface area contributed by atoms with E-state index in [-0.39, 0.29) is 10.4 Å². The molecule has 1 aromatic carbocycles. The number of aromatic nitrogens is 4. The molecule has 0 amide bonds. The number of nitrogens with one attached hydrogen (secondary N) is 1. The van der Waals surface area contributed by atoms with Gasteiger partial charge in [-0.15, -0.1) is 0 Å². The van der Waals surface area contributed by atoms with Crippen molar-refractivity contribution >= 4 is 21.1 Å². The highest BCUT2D eigenvalue weighted by atomic mass is 32.2. The van der Waals surface area contributed by atoms with Crippen LogP contribution >= 0.6 is 0 Å². The summed E-state index contributed by atoms with van der Waals surface area (Å²) >= 11 is 0. The van der Waals surface area contributed by atoms with Gasteiger partial charge in [-0.3, -0.25) is 4.68 Å². The molecule has 2 aromatic heterocycles. The molecule has 110 valence electrons. The first-order valence-electron chi connectivity index (χ1n) is 6.35. The molecule has 0 bridgehead atoms. The van der Waals surface area contributed by atoms with Gasteiger partial charge in [0.2, 0.25) is 10.0 Å². The fourth-order valence-corrected chi connectivity index (χ4v) is 3.18. The lowest BCUT2D eigenvalue weighted by atomic mass is 10.3. The minimum Gasteiger partial charge on any atom is -0.273 e. The largest absolute Gasteiger partial charge is 0.273 e. The number of nitrogens with zero attached hydrogens (tertiary/aromatic N) is 4. The standard InChI is InChI=1S/C12H13N5O3S/c18-21(19,14-7-3-9-17-8-2-6-13-17)11-5-1-4-10-12(11)16-20-15-10/h1-2,4-6,8,14H,3,7,9H2. The zero-order valence-corrected chi connectivity index (χ0v) is 11.8. The van der Waals surface area contributed by atoms with Crippen molar-refractivity contribution in [2.75, 3.05) is 6.54 Å². The molecule has 0 saturated heterocycles. The minimum absolute atomic E-state index is 0.0698. The van der Waals surface area contributed by atoms with Gasteiger partial charge in [0.05, 0.1) is 0 Å². The maximum absolute atomic E-state index is 12.3. The van der Waals surface area contributed by atoms with Crippen LogP contribution in [0.15, 0.2) is 46.2 Å². The van der Waals surface area contributed by atoms with E-state index in [1.807, 2.05) is 12.3 Å². The van der Waals surface area contributed by atoms with Gasteiger partial charge in [0, 0.05) is 25.5 Å². The Kier molecular flexibility index (Phi) is 3.67. The van der Waals surface area contributed by atoms with E-state index in [0.29, 0.717) is 25.0 Å². The molecule has 2 heterocycles. The topological polar surface area (TPSA) is 103 Å². The molecule has 0 aliphatic rings. The smallest absolute Gasteiger partial charge is 0.242 e. The molecule has 21 heavy (non-hydrogen) atoms. The SMILES string of the molecule is O=S(=O)(NCCCn1cccn1)c1cccc2nonc12. The van der Waals surface area contributed by atoms with Gasteiger partial charge in [0.1, 0.15) is 10.4 Å². The minimum atomic E-state index is -3.64. The summed E-state index contributed by atoms with van der Waals surface area (Å²) in [4.78, 5) is 0.0698. The van der Waals surface area contributed by atoms with Gasteiger partial charge in [-0.1, -0.05) is 6.07 Å². The third kappa shape index (κ3) is 2.93. The molecule has 0 fully saturated rings. The zero-order valence-electron chi connectivity index (χ0n) is 11.0. The first kappa shape index (κ1) is 13.7. The van der Waals surface area contributed by atoms with Crippen LogP contribution in [-0.4, -0.2) is 35.1 Å². The van der Waals surface area contributed by atoms with Crippen molar-refractivity contribution in [2.24, 2.45) is 0 Å². The fraction of sp³-hybridized carbons (Fsp3) is 0.250. The van der Waals surface area contributed by atoms with E-state index in [1.54, 1.807) is 23.0 Å². The molecule has 0 aliphatic carbocycles. The van der Waals surface area contributed by atoms with Crippen molar-refractivity contribution in [1.82, 2.24) is 24.8 Å². The summed E-state index contributed by atoms with van der Waals surface area (Å²) in [5, 5.41) is 11.3. The van der Waals surface area contributed by atoms with Gasteiger partial charge in [0.15, 0.2) is 5.52 Å². The van der Waals surface area contributed by atoms with Crippen LogP contribution in [0.25, 0.3) is 11.0 Å². The molecule has 0 saturated carbocycles.